The molecule has 58 heavy (non-hydrogen) atoms. The summed E-state index contributed by atoms with van der Waals surface area (Å²) in [5, 5.41) is 1.09. The van der Waals surface area contributed by atoms with Gasteiger partial charge in [0.15, 0.2) is 0 Å². The van der Waals surface area contributed by atoms with Gasteiger partial charge in [0.05, 0.1) is 32.9 Å². The number of carbonyl (C=O) groups excluding carboxylic acids is 2. The maximum atomic E-state index is 12.1. The van der Waals surface area contributed by atoms with Crippen LogP contribution in [0.25, 0.3) is 22.3 Å². The van der Waals surface area contributed by atoms with Gasteiger partial charge in [-0.3, -0.25) is 19.6 Å². The second-order valence-electron chi connectivity index (χ2n) is 15.3. The van der Waals surface area contributed by atoms with Crippen molar-refractivity contribution in [3.05, 3.63) is 92.5 Å². The smallest absolute Gasteiger partial charge is 0.227 e. The first-order valence-corrected chi connectivity index (χ1v) is 23.8. The molecule has 0 bridgehead atoms. The van der Waals surface area contributed by atoms with Crippen LogP contribution in [0.2, 0.25) is 10.0 Å². The van der Waals surface area contributed by atoms with E-state index in [1.165, 1.54) is 0 Å². The summed E-state index contributed by atoms with van der Waals surface area (Å²) in [4.78, 5) is 36.1. The Bertz CT molecular complexity index is 2340. The summed E-state index contributed by atoms with van der Waals surface area (Å²) in [5.74, 6) is 0.242. The second-order valence-corrected chi connectivity index (χ2v) is 20.2. The number of sulfonamides is 2. The standard InChI is InChI=1S/2C21H24ClN3O3S/c2*1-3-29(27,28)24-19-6-4-5-15-16(11-23-12-17(15)19)14-9-13-7-8-20(26)25(2)21(13)18(22)10-14/h2*9-12,19,24H,3-8H2,1-2H3. The van der Waals surface area contributed by atoms with Crippen LogP contribution in [0.5, 0.6) is 0 Å². The number of fused-ring (bicyclic) bond motifs is 4. The third kappa shape index (κ3) is 8.55. The Labute approximate surface area is 350 Å². The Morgan fingerprint density at radius 1 is 0.621 bits per heavy atom. The lowest BCUT2D eigenvalue weighted by Crippen LogP contribution is -2.32. The van der Waals surface area contributed by atoms with Gasteiger partial charge in [-0.1, -0.05) is 23.2 Å². The van der Waals surface area contributed by atoms with Crippen LogP contribution in [0.4, 0.5) is 11.4 Å². The largest absolute Gasteiger partial charge is 0.314 e. The minimum atomic E-state index is -3.31. The first-order valence-electron chi connectivity index (χ1n) is 19.7. The van der Waals surface area contributed by atoms with Crippen LogP contribution in [0.3, 0.4) is 0 Å². The van der Waals surface area contributed by atoms with Crippen LogP contribution in [0.15, 0.2) is 49.1 Å². The van der Waals surface area contributed by atoms with Crippen molar-refractivity contribution in [2.24, 2.45) is 0 Å². The summed E-state index contributed by atoms with van der Waals surface area (Å²) in [5.41, 5.74) is 11.6. The van der Waals surface area contributed by atoms with E-state index in [9.17, 15) is 26.4 Å². The normalized spacial score (nSPS) is 19.1. The third-order valence-electron chi connectivity index (χ3n) is 11.7. The summed E-state index contributed by atoms with van der Waals surface area (Å²) in [7, 11) is -3.11. The molecule has 0 fully saturated rings. The minimum Gasteiger partial charge on any atom is -0.314 e. The van der Waals surface area contributed by atoms with E-state index in [-0.39, 0.29) is 35.4 Å². The number of rotatable bonds is 8. The molecule has 16 heteroatoms. The molecule has 0 spiro atoms. The molecule has 8 rings (SSSR count). The van der Waals surface area contributed by atoms with E-state index in [0.717, 1.165) is 106 Å². The summed E-state index contributed by atoms with van der Waals surface area (Å²) >= 11 is 13.1. The van der Waals surface area contributed by atoms with Gasteiger partial charge in [0.1, 0.15) is 0 Å². The topological polar surface area (TPSA) is 159 Å². The Morgan fingerprint density at radius 2 is 1.02 bits per heavy atom. The highest BCUT2D eigenvalue weighted by Gasteiger charge is 2.30. The number of benzene rings is 2. The van der Waals surface area contributed by atoms with Crippen molar-refractivity contribution >= 4 is 66.4 Å². The number of aryl methyl sites for hydroxylation is 2. The number of nitrogens with one attached hydrogen (secondary N) is 2. The highest BCUT2D eigenvalue weighted by molar-refractivity contribution is 7.89. The number of nitrogens with zero attached hydrogens (tertiary/aromatic N) is 4. The number of hydrogen-bond donors (Lipinski definition) is 2. The summed E-state index contributed by atoms with van der Waals surface area (Å²) in [6.07, 6.45) is 14.5. The van der Waals surface area contributed by atoms with Crippen molar-refractivity contribution in [1.29, 1.82) is 0 Å². The third-order valence-corrected chi connectivity index (χ3v) is 15.1. The second kappa shape index (κ2) is 17.0. The molecule has 12 nitrogen and oxygen atoms in total. The first kappa shape index (κ1) is 42.2. The van der Waals surface area contributed by atoms with Gasteiger partial charge < -0.3 is 9.80 Å². The van der Waals surface area contributed by atoms with Crippen LogP contribution >= 0.6 is 23.2 Å². The van der Waals surface area contributed by atoms with E-state index in [0.29, 0.717) is 35.7 Å². The van der Waals surface area contributed by atoms with E-state index in [4.69, 9.17) is 23.2 Å². The Balaban J connectivity index is 0.000000177. The van der Waals surface area contributed by atoms with E-state index in [1.807, 2.05) is 24.5 Å². The van der Waals surface area contributed by atoms with Gasteiger partial charge in [0.25, 0.3) is 0 Å². The lowest BCUT2D eigenvalue weighted by molar-refractivity contribution is -0.119. The SMILES string of the molecule is CCS(=O)(=O)NC1CCCc2c(-c3cc(Cl)c4c(c3)CCC(=O)N4C)cncc21.CCS(=O)(=O)NC1CCCc2c(-c3cc(Cl)c4c(c3)CCC(=O)N4C)cncc21. The Morgan fingerprint density at radius 3 is 1.40 bits per heavy atom. The first-order chi connectivity index (χ1) is 27.6. The molecule has 2 aromatic heterocycles. The number of amides is 2. The zero-order chi connectivity index (χ0) is 41.5. The lowest BCUT2D eigenvalue weighted by Gasteiger charge is -2.29. The number of hydrogen-bond acceptors (Lipinski definition) is 8. The molecule has 2 N–H and O–H groups in total. The van der Waals surface area contributed by atoms with Gasteiger partial charge in [0, 0.05) is 74.9 Å². The van der Waals surface area contributed by atoms with Gasteiger partial charge in [-0.25, -0.2) is 26.3 Å². The minimum absolute atomic E-state index is 0.0542. The van der Waals surface area contributed by atoms with Crippen LogP contribution in [-0.4, -0.2) is 64.2 Å². The Hall–Kier alpha value is -3.92. The molecule has 2 amide bonds. The van der Waals surface area contributed by atoms with Crippen molar-refractivity contribution in [3.8, 4) is 22.3 Å². The van der Waals surface area contributed by atoms with Gasteiger partial charge in [-0.2, -0.15) is 0 Å². The van der Waals surface area contributed by atoms with E-state index in [2.05, 4.69) is 31.5 Å². The fourth-order valence-corrected chi connectivity index (χ4v) is 11.0. The highest BCUT2D eigenvalue weighted by Crippen LogP contribution is 2.43. The van der Waals surface area contributed by atoms with Crippen LogP contribution in [0, 0.1) is 0 Å². The number of anilines is 2. The van der Waals surface area contributed by atoms with Gasteiger partial charge >= 0.3 is 0 Å². The van der Waals surface area contributed by atoms with Gasteiger partial charge in [-0.05, 0) is 134 Å². The van der Waals surface area contributed by atoms with Gasteiger partial charge in [-0.15, -0.1) is 0 Å². The molecule has 4 aromatic rings. The van der Waals surface area contributed by atoms with Crippen molar-refractivity contribution in [2.75, 3.05) is 35.4 Å². The molecule has 4 aliphatic rings. The summed E-state index contributed by atoms with van der Waals surface area (Å²) < 4.78 is 54.1. The zero-order valence-corrected chi connectivity index (χ0v) is 36.2. The molecular weight excluding hydrogens is 820 g/mol. The van der Waals surface area contributed by atoms with Crippen molar-refractivity contribution in [3.63, 3.8) is 0 Å². The quantitative estimate of drug-likeness (QED) is 0.187. The van der Waals surface area contributed by atoms with Crippen molar-refractivity contribution in [1.82, 2.24) is 19.4 Å². The predicted octanol–water partition coefficient (Wildman–Crippen LogP) is 7.26. The van der Waals surface area contributed by atoms with E-state index in [1.54, 1.807) is 50.1 Å². The molecule has 2 atom stereocenters. The zero-order valence-electron chi connectivity index (χ0n) is 33.1. The maximum Gasteiger partial charge on any atom is 0.227 e. The highest BCUT2D eigenvalue weighted by atomic mass is 35.5. The fraction of sp³-hybridized carbons (Fsp3) is 0.429. The molecule has 2 unspecified atom stereocenters. The molecule has 0 radical (unpaired) electrons. The number of halogens is 2. The van der Waals surface area contributed by atoms with E-state index < -0.39 is 20.0 Å². The number of pyridine rings is 2. The molecule has 0 saturated carbocycles. The average molecular weight is 868 g/mol. The number of carbonyl (C=O) groups is 2. The molecule has 4 heterocycles. The van der Waals surface area contributed by atoms with Crippen LogP contribution < -0.4 is 19.2 Å². The van der Waals surface area contributed by atoms with Crippen molar-refractivity contribution < 1.29 is 26.4 Å². The Kier molecular flexibility index (Phi) is 12.4. The van der Waals surface area contributed by atoms with E-state index >= 15 is 0 Å². The molecule has 2 aliphatic heterocycles. The molecule has 2 aromatic carbocycles. The summed E-state index contributed by atoms with van der Waals surface area (Å²) in [6.45, 7) is 3.27. The van der Waals surface area contributed by atoms with Crippen LogP contribution in [0.1, 0.15) is 97.8 Å². The lowest BCUT2D eigenvalue weighted by atomic mass is 9.84. The monoisotopic (exact) mass is 866 g/mol. The molecular formula is C42H48Cl2N6O6S2. The predicted molar refractivity (Wildman–Crippen MR) is 229 cm³/mol. The summed E-state index contributed by atoms with van der Waals surface area (Å²) in [6, 6.07) is 7.42. The molecule has 308 valence electrons. The number of aromatic nitrogens is 2. The fourth-order valence-electron chi connectivity index (χ4n) is 8.61. The van der Waals surface area contributed by atoms with Gasteiger partial charge in [0.2, 0.25) is 31.9 Å². The molecule has 2 aliphatic carbocycles. The maximum absolute atomic E-state index is 12.1. The van der Waals surface area contributed by atoms with Crippen molar-refractivity contribution in [2.45, 2.75) is 90.1 Å². The van der Waals surface area contributed by atoms with Crippen LogP contribution in [-0.2, 0) is 55.3 Å². The average Bonchev–Trinajstić information content (AvgIpc) is 3.20. The molecule has 0 saturated heterocycles.